The van der Waals surface area contributed by atoms with Crippen LogP contribution in [0.5, 0.6) is 0 Å². The molecule has 3 rings (SSSR count). The van der Waals surface area contributed by atoms with E-state index in [1.54, 1.807) is 31.2 Å². The van der Waals surface area contributed by atoms with Crippen molar-refractivity contribution in [3.05, 3.63) is 54.1 Å². The summed E-state index contributed by atoms with van der Waals surface area (Å²) in [6, 6.07) is 14.6. The highest BCUT2D eigenvalue weighted by Crippen LogP contribution is 2.22. The third-order valence-corrected chi connectivity index (χ3v) is 5.16. The lowest BCUT2D eigenvalue weighted by molar-refractivity contribution is -0.152. The van der Waals surface area contributed by atoms with Gasteiger partial charge in [-0.25, -0.2) is 0 Å². The first-order chi connectivity index (χ1) is 14.9. The van der Waals surface area contributed by atoms with E-state index in [4.69, 9.17) is 4.74 Å². The number of hydrogen-bond acceptors (Lipinski definition) is 5. The van der Waals surface area contributed by atoms with Crippen LogP contribution in [0.4, 0.5) is 17.1 Å². The Morgan fingerprint density at radius 2 is 1.48 bits per heavy atom. The zero-order valence-electron chi connectivity index (χ0n) is 18.0. The predicted octanol–water partition coefficient (Wildman–Crippen LogP) is 3.75. The van der Waals surface area contributed by atoms with Crippen molar-refractivity contribution in [1.82, 2.24) is 0 Å². The zero-order valence-corrected chi connectivity index (χ0v) is 18.0. The fraction of sp³-hybridized carbons (Fsp3) is 0.375. The molecule has 31 heavy (non-hydrogen) atoms. The van der Waals surface area contributed by atoms with E-state index in [-0.39, 0.29) is 18.2 Å². The van der Waals surface area contributed by atoms with E-state index in [1.165, 1.54) is 26.2 Å². The first kappa shape index (κ1) is 22.3. The van der Waals surface area contributed by atoms with Crippen LogP contribution in [-0.4, -0.2) is 37.0 Å². The second-order valence-electron chi connectivity index (χ2n) is 7.77. The number of nitrogens with one attached hydrogen (secondary N) is 2. The van der Waals surface area contributed by atoms with Gasteiger partial charge < -0.3 is 20.3 Å². The number of carbonyl (C=O) groups excluding carboxylic acids is 3. The van der Waals surface area contributed by atoms with Gasteiger partial charge >= 0.3 is 5.97 Å². The van der Waals surface area contributed by atoms with Crippen molar-refractivity contribution in [2.45, 2.75) is 45.6 Å². The molecule has 0 spiro atoms. The van der Waals surface area contributed by atoms with Gasteiger partial charge in [0.1, 0.15) is 0 Å². The summed E-state index contributed by atoms with van der Waals surface area (Å²) in [5, 5.41) is 5.46. The highest BCUT2D eigenvalue weighted by molar-refractivity contribution is 5.95. The molecule has 1 aliphatic rings. The minimum atomic E-state index is -0.909. The average Bonchev–Trinajstić information content (AvgIpc) is 2.76. The molecule has 1 atom stereocenters. The number of carbonyl (C=O) groups is 3. The van der Waals surface area contributed by atoms with Crippen molar-refractivity contribution in [2.24, 2.45) is 0 Å². The van der Waals surface area contributed by atoms with Crippen LogP contribution in [0.1, 0.15) is 38.7 Å². The van der Waals surface area contributed by atoms with E-state index in [9.17, 15) is 14.4 Å². The molecule has 1 heterocycles. The van der Waals surface area contributed by atoms with Gasteiger partial charge in [0.05, 0.1) is 6.42 Å². The molecule has 2 amide bonds. The van der Waals surface area contributed by atoms with Crippen LogP contribution >= 0.6 is 0 Å². The molecule has 7 heteroatoms. The smallest absolute Gasteiger partial charge is 0.311 e. The van der Waals surface area contributed by atoms with E-state index in [0.29, 0.717) is 11.4 Å². The van der Waals surface area contributed by atoms with E-state index < -0.39 is 12.1 Å². The van der Waals surface area contributed by atoms with Gasteiger partial charge in [-0.1, -0.05) is 12.1 Å². The summed E-state index contributed by atoms with van der Waals surface area (Å²) >= 11 is 0. The van der Waals surface area contributed by atoms with Gasteiger partial charge in [-0.05, 0) is 68.1 Å². The molecule has 1 saturated heterocycles. The zero-order chi connectivity index (χ0) is 22.2. The average molecular weight is 424 g/mol. The summed E-state index contributed by atoms with van der Waals surface area (Å²) in [5.74, 6) is -1.02. The van der Waals surface area contributed by atoms with Gasteiger partial charge in [0.25, 0.3) is 5.91 Å². The van der Waals surface area contributed by atoms with Crippen LogP contribution < -0.4 is 15.5 Å². The lowest BCUT2D eigenvalue weighted by Crippen LogP contribution is -2.30. The van der Waals surface area contributed by atoms with Gasteiger partial charge in [-0.3, -0.25) is 14.4 Å². The van der Waals surface area contributed by atoms with Crippen molar-refractivity contribution in [2.75, 3.05) is 28.6 Å². The molecule has 0 aliphatic carbocycles. The standard InChI is InChI=1S/C24H29N3O4/c1-17(31-23(29)16-19-6-8-20(9-7-19)25-18(2)28)24(30)26-21-10-12-22(13-11-21)27-14-4-3-5-15-27/h6-13,17H,3-5,14-16H2,1-2H3,(H,25,28)(H,26,30)/t17-/m1/s1. The number of benzene rings is 2. The lowest BCUT2D eigenvalue weighted by atomic mass is 10.1. The largest absolute Gasteiger partial charge is 0.452 e. The third kappa shape index (κ3) is 6.84. The van der Waals surface area contributed by atoms with Gasteiger partial charge in [-0.2, -0.15) is 0 Å². The van der Waals surface area contributed by atoms with Crippen molar-refractivity contribution < 1.29 is 19.1 Å². The third-order valence-electron chi connectivity index (χ3n) is 5.16. The number of hydrogen-bond donors (Lipinski definition) is 2. The molecule has 0 aromatic heterocycles. The summed E-state index contributed by atoms with van der Waals surface area (Å²) in [7, 11) is 0. The van der Waals surface area contributed by atoms with Crippen molar-refractivity contribution in [3.8, 4) is 0 Å². The normalized spacial score (nSPS) is 14.5. The van der Waals surface area contributed by atoms with Gasteiger partial charge in [0.15, 0.2) is 6.10 Å². The van der Waals surface area contributed by atoms with Crippen LogP contribution in [-0.2, 0) is 25.5 Å². The minimum Gasteiger partial charge on any atom is -0.452 e. The van der Waals surface area contributed by atoms with E-state index in [1.807, 2.05) is 24.3 Å². The molecular formula is C24H29N3O4. The molecule has 0 bridgehead atoms. The van der Waals surface area contributed by atoms with Crippen LogP contribution in [0.15, 0.2) is 48.5 Å². The Morgan fingerprint density at radius 1 is 0.903 bits per heavy atom. The molecule has 1 aliphatic heterocycles. The predicted molar refractivity (Wildman–Crippen MR) is 121 cm³/mol. The summed E-state index contributed by atoms with van der Waals surface area (Å²) in [6.45, 7) is 5.11. The minimum absolute atomic E-state index is 0.0441. The summed E-state index contributed by atoms with van der Waals surface area (Å²) in [5.41, 5.74) is 3.22. The Bertz CT molecular complexity index is 903. The van der Waals surface area contributed by atoms with Gasteiger partial charge in [0, 0.05) is 37.1 Å². The number of amides is 2. The first-order valence-corrected chi connectivity index (χ1v) is 10.6. The van der Waals surface area contributed by atoms with Gasteiger partial charge in [-0.15, -0.1) is 0 Å². The molecule has 2 aromatic rings. The van der Waals surface area contributed by atoms with E-state index in [2.05, 4.69) is 15.5 Å². The molecule has 1 fully saturated rings. The maximum Gasteiger partial charge on any atom is 0.311 e. The van der Waals surface area contributed by atoms with Crippen LogP contribution in [0, 0.1) is 0 Å². The number of anilines is 3. The van der Waals surface area contributed by atoms with Crippen molar-refractivity contribution >= 4 is 34.8 Å². The topological polar surface area (TPSA) is 87.7 Å². The Balaban J connectivity index is 1.47. The monoisotopic (exact) mass is 423 g/mol. The highest BCUT2D eigenvalue weighted by atomic mass is 16.5. The Morgan fingerprint density at radius 3 is 2.10 bits per heavy atom. The number of ether oxygens (including phenoxy) is 1. The Hall–Kier alpha value is -3.35. The van der Waals surface area contributed by atoms with Crippen LogP contribution in [0.3, 0.4) is 0 Å². The number of piperidine rings is 1. The molecule has 0 unspecified atom stereocenters. The molecule has 164 valence electrons. The quantitative estimate of drug-likeness (QED) is 0.663. The molecule has 0 saturated carbocycles. The first-order valence-electron chi connectivity index (χ1n) is 10.6. The second-order valence-corrected chi connectivity index (χ2v) is 7.77. The van der Waals surface area contributed by atoms with E-state index in [0.717, 1.165) is 24.3 Å². The van der Waals surface area contributed by atoms with Crippen LogP contribution in [0.25, 0.3) is 0 Å². The number of rotatable bonds is 7. The summed E-state index contributed by atoms with van der Waals surface area (Å²) in [4.78, 5) is 38.0. The molecular weight excluding hydrogens is 394 g/mol. The highest BCUT2D eigenvalue weighted by Gasteiger charge is 2.18. The van der Waals surface area contributed by atoms with Crippen molar-refractivity contribution in [3.63, 3.8) is 0 Å². The maximum atomic E-state index is 12.4. The fourth-order valence-electron chi connectivity index (χ4n) is 3.52. The molecule has 2 N–H and O–H groups in total. The van der Waals surface area contributed by atoms with Gasteiger partial charge in [0.2, 0.25) is 5.91 Å². The second kappa shape index (κ2) is 10.6. The fourth-order valence-corrected chi connectivity index (χ4v) is 3.52. The van der Waals surface area contributed by atoms with Crippen LogP contribution in [0.2, 0.25) is 0 Å². The van der Waals surface area contributed by atoms with E-state index >= 15 is 0 Å². The summed E-state index contributed by atoms with van der Waals surface area (Å²) in [6.07, 6.45) is 2.83. The Kier molecular flexibility index (Phi) is 7.65. The van der Waals surface area contributed by atoms with Crippen molar-refractivity contribution in [1.29, 1.82) is 0 Å². The SMILES string of the molecule is CC(=O)Nc1ccc(CC(=O)O[C@H](C)C(=O)Nc2ccc(N3CCCCC3)cc2)cc1. The summed E-state index contributed by atoms with van der Waals surface area (Å²) < 4.78 is 5.27. The molecule has 2 aromatic carbocycles. The Labute approximate surface area is 182 Å². The number of esters is 1. The lowest BCUT2D eigenvalue weighted by Gasteiger charge is -2.28. The number of nitrogens with zero attached hydrogens (tertiary/aromatic N) is 1. The molecule has 7 nitrogen and oxygen atoms in total. The maximum absolute atomic E-state index is 12.4. The molecule has 0 radical (unpaired) electrons.